The van der Waals surface area contributed by atoms with Gasteiger partial charge in [-0.3, -0.25) is 0 Å². The molecule has 1 heterocycles. The van der Waals surface area contributed by atoms with E-state index in [4.69, 9.17) is 18.0 Å². The molecule has 4 nitrogen and oxygen atoms in total. The Morgan fingerprint density at radius 1 is 1.50 bits per heavy atom. The van der Waals surface area contributed by atoms with Crippen LogP contribution in [0.3, 0.4) is 0 Å². The predicted molar refractivity (Wildman–Crippen MR) is 60.2 cm³/mol. The lowest BCUT2D eigenvalue weighted by Gasteiger charge is -2.28. The van der Waals surface area contributed by atoms with Crippen molar-refractivity contribution in [3.05, 3.63) is 0 Å². The molecule has 0 aromatic heterocycles. The average molecular weight is 215 g/mol. The smallest absolute Gasteiger partial charge is 0.320 e. The van der Waals surface area contributed by atoms with Gasteiger partial charge in [0.2, 0.25) is 0 Å². The third kappa shape index (κ3) is 2.35. The van der Waals surface area contributed by atoms with Crippen molar-refractivity contribution in [3.63, 3.8) is 0 Å². The maximum Gasteiger partial charge on any atom is 0.320 e. The van der Waals surface area contributed by atoms with Crippen LogP contribution in [-0.2, 0) is 0 Å². The highest BCUT2D eigenvalue weighted by molar-refractivity contribution is 7.80. The molecule has 1 rings (SSSR count). The molecule has 0 radical (unpaired) electrons. The van der Waals surface area contributed by atoms with Crippen molar-refractivity contribution >= 4 is 23.2 Å². The SMILES string of the molecule is CC(C(N)=S)N(C)C(=O)N1CCCC1. The van der Waals surface area contributed by atoms with Crippen molar-refractivity contribution in [3.8, 4) is 0 Å². The molecule has 1 aliphatic rings. The molecule has 5 heteroatoms. The zero-order valence-electron chi connectivity index (χ0n) is 8.69. The van der Waals surface area contributed by atoms with Crippen LogP contribution in [0, 0.1) is 0 Å². The molecule has 14 heavy (non-hydrogen) atoms. The number of likely N-dealkylation sites (tertiary alicyclic amines) is 1. The van der Waals surface area contributed by atoms with Gasteiger partial charge >= 0.3 is 6.03 Å². The lowest BCUT2D eigenvalue weighted by molar-refractivity contribution is 0.169. The van der Waals surface area contributed by atoms with Gasteiger partial charge in [-0.05, 0) is 19.8 Å². The van der Waals surface area contributed by atoms with Crippen molar-refractivity contribution in [2.45, 2.75) is 25.8 Å². The summed E-state index contributed by atoms with van der Waals surface area (Å²) in [4.78, 5) is 15.6. The molecule has 1 saturated heterocycles. The minimum absolute atomic E-state index is 0.0304. The van der Waals surface area contributed by atoms with Crippen molar-refractivity contribution < 1.29 is 4.79 Å². The molecule has 1 fully saturated rings. The first-order chi connectivity index (χ1) is 6.54. The zero-order valence-corrected chi connectivity index (χ0v) is 9.51. The molecule has 2 N–H and O–H groups in total. The molecule has 1 atom stereocenters. The molecule has 1 unspecified atom stereocenters. The van der Waals surface area contributed by atoms with Gasteiger partial charge in [0.25, 0.3) is 0 Å². The number of thiocarbonyl (C=S) groups is 1. The van der Waals surface area contributed by atoms with Crippen molar-refractivity contribution in [2.24, 2.45) is 5.73 Å². The van der Waals surface area contributed by atoms with Gasteiger partial charge in [-0.15, -0.1) is 0 Å². The Morgan fingerprint density at radius 3 is 2.43 bits per heavy atom. The summed E-state index contributed by atoms with van der Waals surface area (Å²) in [5.41, 5.74) is 5.49. The minimum Gasteiger partial charge on any atom is -0.392 e. The van der Waals surface area contributed by atoms with Crippen LogP contribution < -0.4 is 5.73 Å². The Kier molecular flexibility index (Phi) is 3.69. The summed E-state index contributed by atoms with van der Waals surface area (Å²) in [5.74, 6) is 0. The molecular weight excluding hydrogens is 198 g/mol. The Hall–Kier alpha value is -0.840. The van der Waals surface area contributed by atoms with E-state index in [1.165, 1.54) is 0 Å². The van der Waals surface area contributed by atoms with Crippen LogP contribution in [-0.4, -0.2) is 47.0 Å². The standard InChI is InChI=1S/C9H17N3OS/c1-7(8(10)14)11(2)9(13)12-5-3-4-6-12/h7H,3-6H2,1-2H3,(H2,10,14). The summed E-state index contributed by atoms with van der Waals surface area (Å²) in [6.45, 7) is 3.55. The molecular formula is C9H17N3OS. The number of hydrogen-bond donors (Lipinski definition) is 1. The summed E-state index contributed by atoms with van der Waals surface area (Å²) in [6, 6.07) is -0.138. The second-order valence-corrected chi connectivity index (χ2v) is 4.14. The van der Waals surface area contributed by atoms with Gasteiger partial charge in [-0.25, -0.2) is 4.79 Å². The molecule has 0 spiro atoms. The van der Waals surface area contributed by atoms with E-state index in [1.807, 2.05) is 11.8 Å². The Balaban J connectivity index is 2.54. The third-order valence-electron chi connectivity index (χ3n) is 2.67. The van der Waals surface area contributed by atoms with Gasteiger partial charge in [0.15, 0.2) is 0 Å². The van der Waals surface area contributed by atoms with Gasteiger partial charge in [-0.1, -0.05) is 12.2 Å². The van der Waals surface area contributed by atoms with Crippen LogP contribution in [0.2, 0.25) is 0 Å². The van der Waals surface area contributed by atoms with Crippen molar-refractivity contribution in [1.29, 1.82) is 0 Å². The maximum absolute atomic E-state index is 11.8. The van der Waals surface area contributed by atoms with Gasteiger partial charge in [0, 0.05) is 20.1 Å². The van der Waals surface area contributed by atoms with Crippen LogP contribution in [0.5, 0.6) is 0 Å². The third-order valence-corrected chi connectivity index (χ3v) is 3.01. The van der Waals surface area contributed by atoms with E-state index in [0.717, 1.165) is 25.9 Å². The van der Waals surface area contributed by atoms with Crippen molar-refractivity contribution in [1.82, 2.24) is 9.80 Å². The Labute approximate surface area is 90.0 Å². The van der Waals surface area contributed by atoms with E-state index >= 15 is 0 Å². The molecule has 2 amide bonds. The Bertz CT molecular complexity index is 238. The quantitative estimate of drug-likeness (QED) is 0.693. The predicted octanol–water partition coefficient (Wildman–Crippen LogP) is 0.809. The van der Waals surface area contributed by atoms with Gasteiger partial charge < -0.3 is 15.5 Å². The van der Waals surface area contributed by atoms with Crippen LogP contribution in [0.15, 0.2) is 0 Å². The maximum atomic E-state index is 11.8. The van der Waals surface area contributed by atoms with Crippen LogP contribution in [0.4, 0.5) is 4.79 Å². The number of carbonyl (C=O) groups is 1. The number of nitrogens with zero attached hydrogens (tertiary/aromatic N) is 2. The van der Waals surface area contributed by atoms with Gasteiger partial charge in [0.1, 0.15) is 0 Å². The zero-order chi connectivity index (χ0) is 10.7. The van der Waals surface area contributed by atoms with Gasteiger partial charge in [0.05, 0.1) is 11.0 Å². The van der Waals surface area contributed by atoms with Gasteiger partial charge in [-0.2, -0.15) is 0 Å². The molecule has 0 aliphatic carbocycles. The highest BCUT2D eigenvalue weighted by Gasteiger charge is 2.25. The first kappa shape index (κ1) is 11.2. The second kappa shape index (κ2) is 4.59. The van der Waals surface area contributed by atoms with E-state index in [-0.39, 0.29) is 12.1 Å². The molecule has 1 aliphatic heterocycles. The van der Waals surface area contributed by atoms with E-state index in [2.05, 4.69) is 0 Å². The molecule has 0 aromatic rings. The van der Waals surface area contributed by atoms with Crippen LogP contribution in [0.25, 0.3) is 0 Å². The summed E-state index contributed by atoms with van der Waals surface area (Å²) < 4.78 is 0. The van der Waals surface area contributed by atoms with E-state index in [0.29, 0.717) is 4.99 Å². The fraction of sp³-hybridized carbons (Fsp3) is 0.778. The van der Waals surface area contributed by atoms with E-state index in [9.17, 15) is 4.79 Å². The summed E-state index contributed by atoms with van der Waals surface area (Å²) in [5, 5.41) is 0. The highest BCUT2D eigenvalue weighted by atomic mass is 32.1. The number of carbonyl (C=O) groups excluding carboxylic acids is 1. The highest BCUT2D eigenvalue weighted by Crippen LogP contribution is 2.11. The summed E-state index contributed by atoms with van der Waals surface area (Å²) in [7, 11) is 1.74. The minimum atomic E-state index is -0.168. The van der Waals surface area contributed by atoms with E-state index in [1.54, 1.807) is 11.9 Å². The lowest BCUT2D eigenvalue weighted by Crippen LogP contribution is -2.48. The number of likely N-dealkylation sites (N-methyl/N-ethyl adjacent to an activating group) is 1. The topological polar surface area (TPSA) is 49.6 Å². The number of hydrogen-bond acceptors (Lipinski definition) is 2. The number of nitrogens with two attached hydrogens (primary N) is 1. The monoisotopic (exact) mass is 215 g/mol. The fourth-order valence-electron chi connectivity index (χ4n) is 1.49. The average Bonchev–Trinajstić information content (AvgIpc) is 2.67. The fourth-order valence-corrected chi connectivity index (χ4v) is 1.65. The van der Waals surface area contributed by atoms with E-state index < -0.39 is 0 Å². The Morgan fingerprint density at radius 2 is 2.00 bits per heavy atom. The normalized spacial score (nSPS) is 18.0. The first-order valence-corrected chi connectivity index (χ1v) is 5.26. The summed E-state index contributed by atoms with van der Waals surface area (Å²) >= 11 is 4.85. The largest absolute Gasteiger partial charge is 0.392 e. The molecule has 0 bridgehead atoms. The summed E-state index contributed by atoms with van der Waals surface area (Å²) in [6.07, 6.45) is 2.20. The lowest BCUT2D eigenvalue weighted by atomic mass is 10.3. The number of rotatable bonds is 2. The number of amides is 2. The molecule has 0 saturated carbocycles. The second-order valence-electron chi connectivity index (χ2n) is 3.67. The van der Waals surface area contributed by atoms with Crippen LogP contribution >= 0.6 is 12.2 Å². The molecule has 80 valence electrons. The number of urea groups is 1. The van der Waals surface area contributed by atoms with Crippen molar-refractivity contribution in [2.75, 3.05) is 20.1 Å². The molecule has 0 aromatic carbocycles. The first-order valence-electron chi connectivity index (χ1n) is 4.85. The van der Waals surface area contributed by atoms with Crippen LogP contribution in [0.1, 0.15) is 19.8 Å².